The first-order valence-corrected chi connectivity index (χ1v) is 5.13. The number of aromatic nitrogens is 2. The molecule has 0 amide bonds. The van der Waals surface area contributed by atoms with Gasteiger partial charge in [-0.3, -0.25) is 10.1 Å². The fraction of sp³-hybridized carbons (Fsp3) is 0. The molecule has 0 radical (unpaired) electrons. The van der Waals surface area contributed by atoms with Crippen molar-refractivity contribution in [1.82, 2.24) is 10.2 Å². The molecule has 6 nitrogen and oxygen atoms in total. The van der Waals surface area contributed by atoms with Crippen molar-refractivity contribution in [3.8, 4) is 9.88 Å². The monoisotopic (exact) mass is 228 g/mol. The maximum absolute atomic E-state index is 10.4. The minimum Gasteiger partial charge on any atom is -0.374 e. The first kappa shape index (κ1) is 9.03. The molecule has 0 aliphatic heterocycles. The van der Waals surface area contributed by atoms with Gasteiger partial charge in [0.1, 0.15) is 0 Å². The van der Waals surface area contributed by atoms with E-state index >= 15 is 0 Å². The van der Waals surface area contributed by atoms with Gasteiger partial charge >= 0.3 is 5.00 Å². The zero-order chi connectivity index (χ0) is 10.1. The second-order valence-corrected chi connectivity index (χ2v) is 4.41. The van der Waals surface area contributed by atoms with Gasteiger partial charge in [-0.2, -0.15) is 0 Å². The average Bonchev–Trinajstić information content (AvgIpc) is 2.70. The lowest BCUT2D eigenvalue weighted by Crippen LogP contribution is -1.80. The van der Waals surface area contributed by atoms with Crippen LogP contribution in [0.1, 0.15) is 0 Å². The Labute approximate surface area is 86.2 Å². The minimum absolute atomic E-state index is 0.0915. The van der Waals surface area contributed by atoms with Crippen molar-refractivity contribution in [2.75, 3.05) is 5.73 Å². The summed E-state index contributed by atoms with van der Waals surface area (Å²) in [7, 11) is 0. The summed E-state index contributed by atoms with van der Waals surface area (Å²) in [5.74, 6) is 0. The van der Waals surface area contributed by atoms with Gasteiger partial charge in [-0.25, -0.2) is 0 Å². The Morgan fingerprint density at radius 3 is 2.64 bits per heavy atom. The van der Waals surface area contributed by atoms with Crippen molar-refractivity contribution in [2.45, 2.75) is 0 Å². The Kier molecular flexibility index (Phi) is 2.14. The lowest BCUT2D eigenvalue weighted by molar-refractivity contribution is -0.380. The summed E-state index contributed by atoms with van der Waals surface area (Å²) in [5, 5.41) is 18.9. The molecule has 0 saturated heterocycles. The van der Waals surface area contributed by atoms with Crippen molar-refractivity contribution >= 4 is 32.8 Å². The molecular formula is C6H4N4O2S2. The maximum Gasteiger partial charge on any atom is 0.324 e. The summed E-state index contributed by atoms with van der Waals surface area (Å²) >= 11 is 2.27. The van der Waals surface area contributed by atoms with E-state index in [9.17, 15) is 10.1 Å². The van der Waals surface area contributed by atoms with Crippen molar-refractivity contribution in [1.29, 1.82) is 0 Å². The molecule has 0 aliphatic carbocycles. The van der Waals surface area contributed by atoms with Crippen molar-refractivity contribution in [3.63, 3.8) is 0 Å². The number of nitrogens with two attached hydrogens (primary N) is 1. The number of nitrogens with zero attached hydrogens (tertiary/aromatic N) is 3. The molecule has 0 unspecified atom stereocenters. The Hall–Kier alpha value is -1.54. The summed E-state index contributed by atoms with van der Waals surface area (Å²) in [4.78, 5) is 10.7. The fourth-order valence-corrected chi connectivity index (χ4v) is 2.36. The fourth-order valence-electron chi connectivity index (χ4n) is 0.875. The number of nitrogen functional groups attached to an aromatic ring is 1. The van der Waals surface area contributed by atoms with Crippen LogP contribution in [0.4, 0.5) is 10.1 Å². The van der Waals surface area contributed by atoms with Crippen LogP contribution < -0.4 is 5.73 Å². The van der Waals surface area contributed by atoms with Gasteiger partial charge in [0, 0.05) is 6.07 Å². The van der Waals surface area contributed by atoms with Gasteiger partial charge < -0.3 is 5.73 Å². The van der Waals surface area contributed by atoms with Gasteiger partial charge in [0.05, 0.1) is 9.80 Å². The number of thiophene rings is 1. The predicted molar refractivity (Wildman–Crippen MR) is 54.3 cm³/mol. The van der Waals surface area contributed by atoms with E-state index in [4.69, 9.17) is 5.73 Å². The summed E-state index contributed by atoms with van der Waals surface area (Å²) in [6.07, 6.45) is 0. The summed E-state index contributed by atoms with van der Waals surface area (Å²) < 4.78 is 0. The molecular weight excluding hydrogens is 224 g/mol. The van der Waals surface area contributed by atoms with Crippen LogP contribution in [-0.4, -0.2) is 15.1 Å². The smallest absolute Gasteiger partial charge is 0.324 e. The predicted octanol–water partition coefficient (Wildman–Crippen LogP) is 1.76. The number of nitro groups is 1. The van der Waals surface area contributed by atoms with Crippen LogP contribution in [0.25, 0.3) is 9.88 Å². The highest BCUT2D eigenvalue weighted by atomic mass is 32.1. The molecule has 2 heterocycles. The average molecular weight is 228 g/mol. The standard InChI is InChI=1S/C6H4N4O2S2/c7-6-9-8-5(14-6)3-1-2-4(13-3)10(11)12/h1-2H,(H2,7,9). The second-order valence-electron chi connectivity index (χ2n) is 2.34. The van der Waals surface area contributed by atoms with Crippen LogP contribution in [0.3, 0.4) is 0 Å². The van der Waals surface area contributed by atoms with Crippen LogP contribution in [0.15, 0.2) is 12.1 Å². The summed E-state index contributed by atoms with van der Waals surface area (Å²) in [5.41, 5.74) is 5.40. The molecule has 14 heavy (non-hydrogen) atoms. The van der Waals surface area contributed by atoms with E-state index in [-0.39, 0.29) is 5.00 Å². The van der Waals surface area contributed by atoms with Gasteiger partial charge in [0.2, 0.25) is 5.13 Å². The third-order valence-electron chi connectivity index (χ3n) is 1.42. The molecule has 0 spiro atoms. The minimum atomic E-state index is -0.432. The molecule has 2 rings (SSSR count). The van der Waals surface area contributed by atoms with Crippen molar-refractivity contribution in [3.05, 3.63) is 22.2 Å². The van der Waals surface area contributed by atoms with E-state index in [0.29, 0.717) is 15.0 Å². The van der Waals surface area contributed by atoms with E-state index in [1.165, 1.54) is 17.4 Å². The molecule has 0 bridgehead atoms. The lowest BCUT2D eigenvalue weighted by Gasteiger charge is -1.83. The molecule has 0 fully saturated rings. The molecule has 0 aliphatic rings. The molecule has 2 N–H and O–H groups in total. The van der Waals surface area contributed by atoms with E-state index in [0.717, 1.165) is 11.3 Å². The second kappa shape index (κ2) is 3.31. The topological polar surface area (TPSA) is 94.9 Å². The van der Waals surface area contributed by atoms with Crippen LogP contribution in [-0.2, 0) is 0 Å². The van der Waals surface area contributed by atoms with E-state index in [1.807, 2.05) is 0 Å². The molecule has 72 valence electrons. The highest BCUT2D eigenvalue weighted by Gasteiger charge is 2.13. The highest BCUT2D eigenvalue weighted by Crippen LogP contribution is 2.34. The zero-order valence-electron chi connectivity index (χ0n) is 6.71. The Balaban J connectivity index is 2.38. The third-order valence-corrected chi connectivity index (χ3v) is 3.38. The molecule has 0 aromatic carbocycles. The van der Waals surface area contributed by atoms with Crippen LogP contribution in [0.2, 0.25) is 0 Å². The largest absolute Gasteiger partial charge is 0.374 e. The first-order chi connectivity index (χ1) is 6.66. The number of rotatable bonds is 2. The zero-order valence-corrected chi connectivity index (χ0v) is 8.34. The van der Waals surface area contributed by atoms with Gasteiger partial charge in [-0.05, 0) is 6.07 Å². The van der Waals surface area contributed by atoms with Gasteiger partial charge in [-0.1, -0.05) is 22.7 Å². The van der Waals surface area contributed by atoms with Crippen molar-refractivity contribution < 1.29 is 4.92 Å². The van der Waals surface area contributed by atoms with E-state index in [1.54, 1.807) is 6.07 Å². The molecule has 0 atom stereocenters. The molecule has 8 heteroatoms. The van der Waals surface area contributed by atoms with Crippen LogP contribution >= 0.6 is 22.7 Å². The first-order valence-electron chi connectivity index (χ1n) is 3.50. The normalized spacial score (nSPS) is 10.3. The number of hydrogen-bond donors (Lipinski definition) is 1. The number of hydrogen-bond acceptors (Lipinski definition) is 7. The molecule has 2 aromatic rings. The summed E-state index contributed by atoms with van der Waals surface area (Å²) in [6, 6.07) is 3.08. The van der Waals surface area contributed by atoms with E-state index < -0.39 is 4.92 Å². The number of anilines is 1. The van der Waals surface area contributed by atoms with Crippen LogP contribution in [0.5, 0.6) is 0 Å². The molecule has 0 saturated carbocycles. The lowest BCUT2D eigenvalue weighted by atomic mass is 10.5. The quantitative estimate of drug-likeness (QED) is 0.624. The van der Waals surface area contributed by atoms with Gasteiger partial charge in [0.15, 0.2) is 5.01 Å². The SMILES string of the molecule is Nc1nnc(-c2ccc([N+](=O)[O-])s2)s1. The Bertz CT molecular complexity index is 478. The maximum atomic E-state index is 10.4. The summed E-state index contributed by atoms with van der Waals surface area (Å²) in [6.45, 7) is 0. The van der Waals surface area contributed by atoms with Gasteiger partial charge in [-0.15, -0.1) is 10.2 Å². The van der Waals surface area contributed by atoms with E-state index in [2.05, 4.69) is 10.2 Å². The van der Waals surface area contributed by atoms with Gasteiger partial charge in [0.25, 0.3) is 0 Å². The Morgan fingerprint density at radius 2 is 2.14 bits per heavy atom. The molecule has 2 aromatic heterocycles. The van der Waals surface area contributed by atoms with Crippen LogP contribution in [0, 0.1) is 10.1 Å². The van der Waals surface area contributed by atoms with Crippen molar-refractivity contribution in [2.24, 2.45) is 0 Å². The Morgan fingerprint density at radius 1 is 1.36 bits per heavy atom. The third kappa shape index (κ3) is 1.56. The highest BCUT2D eigenvalue weighted by molar-refractivity contribution is 7.24.